The fourth-order valence-corrected chi connectivity index (χ4v) is 3.69. The van der Waals surface area contributed by atoms with Crippen LogP contribution in [0.15, 0.2) is 23.1 Å². The van der Waals surface area contributed by atoms with Crippen LogP contribution in [-0.4, -0.2) is 54.6 Å². The van der Waals surface area contributed by atoms with Crippen molar-refractivity contribution in [2.75, 3.05) is 26.5 Å². The highest BCUT2D eigenvalue weighted by Gasteiger charge is 2.32. The molecule has 24 heavy (non-hydrogen) atoms. The Hall–Kier alpha value is -1.62. The largest absolute Gasteiger partial charge is 0.497 e. The lowest BCUT2D eigenvalue weighted by Crippen LogP contribution is -2.32. The van der Waals surface area contributed by atoms with Crippen LogP contribution in [0.25, 0.3) is 6.08 Å². The second-order valence-electron chi connectivity index (χ2n) is 4.73. The van der Waals surface area contributed by atoms with Gasteiger partial charge in [-0.05, 0) is 18.2 Å². The van der Waals surface area contributed by atoms with Crippen LogP contribution < -0.4 is 9.47 Å². The molecule has 1 aliphatic rings. The first-order valence-electron chi connectivity index (χ1n) is 6.67. The van der Waals surface area contributed by atoms with Gasteiger partial charge in [0.15, 0.2) is 0 Å². The number of nitrogens with zero attached hydrogens (tertiary/aromatic N) is 1. The number of carbonyl (C=O) groups is 1. The number of hydrogen-bond acceptors (Lipinski definition) is 7. The van der Waals surface area contributed by atoms with Crippen LogP contribution in [-0.2, 0) is 14.9 Å². The minimum Gasteiger partial charge on any atom is -0.497 e. The van der Waals surface area contributed by atoms with E-state index in [0.29, 0.717) is 22.0 Å². The number of carbonyl (C=O) groups excluding carboxylic acids is 1. The van der Waals surface area contributed by atoms with Crippen LogP contribution in [0.3, 0.4) is 0 Å². The predicted molar refractivity (Wildman–Crippen MR) is 95.8 cm³/mol. The zero-order valence-corrected chi connectivity index (χ0v) is 15.3. The number of thioether (sulfide) groups is 1. The fraction of sp³-hybridized carbons (Fsp3) is 0.286. The maximum Gasteiger partial charge on any atom is 0.266 e. The van der Waals surface area contributed by atoms with Crippen LogP contribution in [0, 0.1) is 0 Å². The second-order valence-corrected chi connectivity index (χ2v) is 7.98. The van der Waals surface area contributed by atoms with Gasteiger partial charge >= 0.3 is 0 Å². The van der Waals surface area contributed by atoms with Crippen molar-refractivity contribution in [2.24, 2.45) is 0 Å². The van der Waals surface area contributed by atoms with E-state index in [1.165, 1.54) is 14.2 Å². The van der Waals surface area contributed by atoms with E-state index in [-0.39, 0.29) is 10.9 Å². The van der Waals surface area contributed by atoms with Crippen LogP contribution in [0.2, 0.25) is 0 Å². The lowest BCUT2D eigenvalue weighted by atomic mass is 10.1. The summed E-state index contributed by atoms with van der Waals surface area (Å²) in [5.41, 5.74) is 0.661. The first-order valence-corrected chi connectivity index (χ1v) is 9.51. The molecular formula is C14H15NO6S3. The SMILES string of the molecule is COc1ccc(/C=C2\SC(=S)N(CCS(=O)(=O)O)C2=O)c(OC)c1. The number of rotatable bonds is 6. The third-order valence-corrected chi connectivity index (χ3v) is 5.25. The van der Waals surface area contributed by atoms with E-state index in [1.807, 2.05) is 0 Å². The number of amides is 1. The average molecular weight is 389 g/mol. The number of benzene rings is 1. The maximum absolute atomic E-state index is 12.4. The Morgan fingerprint density at radius 3 is 2.62 bits per heavy atom. The zero-order valence-electron chi connectivity index (χ0n) is 12.9. The van der Waals surface area contributed by atoms with E-state index in [9.17, 15) is 13.2 Å². The predicted octanol–water partition coefficient (Wildman–Crippen LogP) is 1.79. The Morgan fingerprint density at radius 1 is 1.33 bits per heavy atom. The molecule has 130 valence electrons. The van der Waals surface area contributed by atoms with E-state index in [1.54, 1.807) is 24.3 Å². The first kappa shape index (κ1) is 18.7. The molecule has 0 aliphatic carbocycles. The van der Waals surface area contributed by atoms with E-state index in [4.69, 9.17) is 26.2 Å². The lowest BCUT2D eigenvalue weighted by Gasteiger charge is -2.12. The highest BCUT2D eigenvalue weighted by atomic mass is 32.2. The summed E-state index contributed by atoms with van der Waals surface area (Å²) in [7, 11) is -1.13. The van der Waals surface area contributed by atoms with Crippen LogP contribution >= 0.6 is 24.0 Å². The second kappa shape index (κ2) is 7.51. The summed E-state index contributed by atoms with van der Waals surface area (Å²) in [6, 6.07) is 5.15. The molecule has 2 rings (SSSR count). The van der Waals surface area contributed by atoms with Crippen LogP contribution in [0.5, 0.6) is 11.5 Å². The number of methoxy groups -OCH3 is 2. The summed E-state index contributed by atoms with van der Waals surface area (Å²) in [5, 5.41) is 0. The molecule has 7 nitrogen and oxygen atoms in total. The Labute approximate surface area is 149 Å². The summed E-state index contributed by atoms with van der Waals surface area (Å²) in [6.07, 6.45) is 1.62. The standard InChI is InChI=1S/C14H15NO6S3/c1-20-10-4-3-9(11(8-10)21-2)7-12-13(16)15(14(22)23-12)5-6-24(17,18)19/h3-4,7-8H,5-6H2,1-2H3,(H,17,18,19)/b12-7-. The lowest BCUT2D eigenvalue weighted by molar-refractivity contribution is -0.121. The van der Waals surface area contributed by atoms with Crippen molar-refractivity contribution in [1.82, 2.24) is 4.90 Å². The molecule has 0 radical (unpaired) electrons. The minimum atomic E-state index is -4.17. The summed E-state index contributed by atoms with van der Waals surface area (Å²) < 4.78 is 41.1. The highest BCUT2D eigenvalue weighted by Crippen LogP contribution is 2.35. The van der Waals surface area contributed by atoms with Crippen LogP contribution in [0.1, 0.15) is 5.56 Å². The van der Waals surface area contributed by atoms with E-state index in [2.05, 4.69) is 0 Å². The smallest absolute Gasteiger partial charge is 0.266 e. The summed E-state index contributed by atoms with van der Waals surface area (Å²) in [5.74, 6) is 0.159. The summed E-state index contributed by atoms with van der Waals surface area (Å²) in [6.45, 7) is -0.194. The van der Waals surface area contributed by atoms with Crippen molar-refractivity contribution in [1.29, 1.82) is 0 Å². The van der Waals surface area contributed by atoms with Gasteiger partial charge in [-0.1, -0.05) is 24.0 Å². The molecular weight excluding hydrogens is 374 g/mol. The van der Waals surface area contributed by atoms with Crippen molar-refractivity contribution < 1.29 is 27.2 Å². The molecule has 1 aromatic rings. The van der Waals surface area contributed by atoms with Crippen molar-refractivity contribution in [3.05, 3.63) is 28.7 Å². The first-order chi connectivity index (χ1) is 11.2. The summed E-state index contributed by atoms with van der Waals surface area (Å²) in [4.78, 5) is 13.9. The van der Waals surface area contributed by atoms with Gasteiger partial charge in [-0.2, -0.15) is 8.42 Å². The molecule has 0 unspecified atom stereocenters. The third kappa shape index (κ3) is 4.47. The minimum absolute atomic E-state index is 0.194. The van der Waals surface area contributed by atoms with Gasteiger partial charge in [-0.25, -0.2) is 0 Å². The number of thiocarbonyl (C=S) groups is 1. The number of hydrogen-bond donors (Lipinski definition) is 1. The van der Waals surface area contributed by atoms with Crippen molar-refractivity contribution in [3.8, 4) is 11.5 Å². The Kier molecular flexibility index (Phi) is 5.86. The molecule has 1 amide bonds. The molecule has 0 saturated carbocycles. The van der Waals surface area contributed by atoms with Gasteiger partial charge in [-0.3, -0.25) is 14.2 Å². The number of ether oxygens (including phenoxy) is 2. The van der Waals surface area contributed by atoms with Crippen molar-refractivity contribution in [3.63, 3.8) is 0 Å². The van der Waals surface area contributed by atoms with Gasteiger partial charge < -0.3 is 9.47 Å². The Balaban J connectivity index is 2.25. The quantitative estimate of drug-likeness (QED) is 0.447. The molecule has 0 bridgehead atoms. The molecule has 1 saturated heterocycles. The van der Waals surface area contributed by atoms with E-state index < -0.39 is 21.8 Å². The topological polar surface area (TPSA) is 93.1 Å². The fourth-order valence-electron chi connectivity index (χ4n) is 1.98. The van der Waals surface area contributed by atoms with Crippen molar-refractivity contribution >= 4 is 50.4 Å². The molecule has 1 aromatic carbocycles. The molecule has 0 spiro atoms. The molecule has 1 fully saturated rings. The normalized spacial score (nSPS) is 16.8. The van der Waals surface area contributed by atoms with Crippen LogP contribution in [0.4, 0.5) is 0 Å². The molecule has 1 heterocycles. The molecule has 1 N–H and O–H groups in total. The monoisotopic (exact) mass is 389 g/mol. The zero-order chi connectivity index (χ0) is 17.9. The van der Waals surface area contributed by atoms with Gasteiger partial charge in [-0.15, -0.1) is 0 Å². The van der Waals surface area contributed by atoms with Gasteiger partial charge in [0.1, 0.15) is 15.8 Å². The molecule has 0 aromatic heterocycles. The molecule has 0 atom stereocenters. The Morgan fingerprint density at radius 2 is 2.04 bits per heavy atom. The van der Waals surface area contributed by atoms with Gasteiger partial charge in [0.05, 0.1) is 24.9 Å². The van der Waals surface area contributed by atoms with E-state index in [0.717, 1.165) is 16.7 Å². The average Bonchev–Trinajstić information content (AvgIpc) is 2.79. The van der Waals surface area contributed by atoms with Crippen molar-refractivity contribution in [2.45, 2.75) is 0 Å². The molecule has 10 heteroatoms. The van der Waals surface area contributed by atoms with Gasteiger partial charge in [0, 0.05) is 18.2 Å². The van der Waals surface area contributed by atoms with E-state index >= 15 is 0 Å². The molecule has 1 aliphatic heterocycles. The summed E-state index contributed by atoms with van der Waals surface area (Å²) >= 11 is 6.16. The highest BCUT2D eigenvalue weighted by molar-refractivity contribution is 8.26. The Bertz CT molecular complexity index is 803. The van der Waals surface area contributed by atoms with Gasteiger partial charge in [0.25, 0.3) is 16.0 Å². The maximum atomic E-state index is 12.4. The van der Waals surface area contributed by atoms with Gasteiger partial charge in [0.2, 0.25) is 0 Å². The third-order valence-electron chi connectivity index (χ3n) is 3.17.